The molecular formula is C30H35ClN2O3. The van der Waals surface area contributed by atoms with Crippen molar-refractivity contribution in [2.45, 2.75) is 52.6 Å². The highest BCUT2D eigenvalue weighted by molar-refractivity contribution is 6.30. The molecule has 1 atom stereocenters. The summed E-state index contributed by atoms with van der Waals surface area (Å²) in [4.78, 5) is 28.7. The zero-order chi connectivity index (χ0) is 25.9. The first-order valence-electron chi connectivity index (χ1n) is 12.4. The summed E-state index contributed by atoms with van der Waals surface area (Å²) in [5.74, 6) is 0.231. The Morgan fingerprint density at radius 1 is 0.972 bits per heavy atom. The smallest absolute Gasteiger partial charge is 0.261 e. The van der Waals surface area contributed by atoms with Gasteiger partial charge in [0.05, 0.1) is 0 Å². The molecule has 0 fully saturated rings. The maximum Gasteiger partial charge on any atom is 0.261 e. The summed E-state index contributed by atoms with van der Waals surface area (Å²) in [5, 5.41) is 3.61. The van der Waals surface area contributed by atoms with E-state index in [1.807, 2.05) is 80.6 Å². The van der Waals surface area contributed by atoms with Crippen molar-refractivity contribution in [1.29, 1.82) is 0 Å². The van der Waals surface area contributed by atoms with Gasteiger partial charge >= 0.3 is 0 Å². The molecule has 0 aliphatic carbocycles. The van der Waals surface area contributed by atoms with Crippen LogP contribution in [-0.4, -0.2) is 35.9 Å². The van der Waals surface area contributed by atoms with E-state index in [0.29, 0.717) is 23.7 Å². The number of carbonyl (C=O) groups is 2. The Bertz CT molecular complexity index is 1150. The number of carbonyl (C=O) groups excluding carboxylic acids is 2. The van der Waals surface area contributed by atoms with Crippen LogP contribution in [0.25, 0.3) is 0 Å². The van der Waals surface area contributed by atoms with Gasteiger partial charge in [0.1, 0.15) is 11.8 Å². The van der Waals surface area contributed by atoms with Crippen LogP contribution < -0.4 is 10.1 Å². The van der Waals surface area contributed by atoms with E-state index >= 15 is 0 Å². The van der Waals surface area contributed by atoms with E-state index in [2.05, 4.69) is 12.2 Å². The number of aryl methyl sites for hydroxylation is 2. The van der Waals surface area contributed by atoms with E-state index in [0.717, 1.165) is 35.1 Å². The summed E-state index contributed by atoms with van der Waals surface area (Å²) in [6.45, 7) is 6.65. The lowest BCUT2D eigenvalue weighted by molar-refractivity contribution is -0.142. The van der Waals surface area contributed by atoms with Gasteiger partial charge in [-0.1, -0.05) is 79.5 Å². The number of nitrogens with zero attached hydrogens (tertiary/aromatic N) is 1. The van der Waals surface area contributed by atoms with Gasteiger partial charge in [0.25, 0.3) is 5.91 Å². The van der Waals surface area contributed by atoms with Crippen LogP contribution in [0.1, 0.15) is 42.0 Å². The molecule has 3 aromatic rings. The number of ether oxygens (including phenoxy) is 1. The van der Waals surface area contributed by atoms with E-state index in [1.54, 1.807) is 11.0 Å². The maximum absolute atomic E-state index is 13.7. The van der Waals surface area contributed by atoms with Crippen LogP contribution in [0.5, 0.6) is 5.75 Å². The molecule has 6 heteroatoms. The highest BCUT2D eigenvalue weighted by Gasteiger charge is 2.30. The molecule has 1 unspecified atom stereocenters. The van der Waals surface area contributed by atoms with Gasteiger partial charge in [0.15, 0.2) is 6.61 Å². The number of rotatable bonds is 12. The lowest BCUT2D eigenvalue weighted by Gasteiger charge is -2.31. The van der Waals surface area contributed by atoms with Gasteiger partial charge in [-0.05, 0) is 60.7 Å². The zero-order valence-electron chi connectivity index (χ0n) is 21.3. The first kappa shape index (κ1) is 27.3. The third kappa shape index (κ3) is 8.13. The monoisotopic (exact) mass is 506 g/mol. The first-order valence-corrected chi connectivity index (χ1v) is 12.8. The molecular weight excluding hydrogens is 472 g/mol. The second-order valence-corrected chi connectivity index (χ2v) is 9.50. The quantitative estimate of drug-likeness (QED) is 0.311. The average Bonchev–Trinajstić information content (AvgIpc) is 2.87. The zero-order valence-corrected chi connectivity index (χ0v) is 22.1. The molecule has 0 aromatic heterocycles. The Labute approximate surface area is 219 Å². The summed E-state index contributed by atoms with van der Waals surface area (Å²) in [6, 6.07) is 22.3. The molecule has 0 saturated carbocycles. The molecule has 190 valence electrons. The van der Waals surface area contributed by atoms with Crippen molar-refractivity contribution in [1.82, 2.24) is 10.2 Å². The molecule has 2 amide bonds. The Balaban J connectivity index is 1.90. The number of hydrogen-bond donors (Lipinski definition) is 1. The number of benzene rings is 3. The van der Waals surface area contributed by atoms with Crippen LogP contribution in [0.2, 0.25) is 5.02 Å². The number of amides is 2. The Hall–Kier alpha value is -3.31. The van der Waals surface area contributed by atoms with Crippen molar-refractivity contribution in [2.75, 3.05) is 13.2 Å². The fourth-order valence-electron chi connectivity index (χ4n) is 3.98. The van der Waals surface area contributed by atoms with Crippen molar-refractivity contribution in [3.05, 3.63) is 100 Å². The number of hydrogen-bond acceptors (Lipinski definition) is 3. The second-order valence-electron chi connectivity index (χ2n) is 9.06. The third-order valence-corrected chi connectivity index (χ3v) is 6.27. The highest BCUT2D eigenvalue weighted by atomic mass is 35.5. The molecule has 36 heavy (non-hydrogen) atoms. The molecule has 0 spiro atoms. The van der Waals surface area contributed by atoms with E-state index in [-0.39, 0.29) is 25.0 Å². The van der Waals surface area contributed by atoms with Gasteiger partial charge in [-0.2, -0.15) is 0 Å². The van der Waals surface area contributed by atoms with Crippen LogP contribution in [0.15, 0.2) is 72.8 Å². The van der Waals surface area contributed by atoms with Crippen molar-refractivity contribution >= 4 is 23.4 Å². The van der Waals surface area contributed by atoms with Crippen LogP contribution in [0.3, 0.4) is 0 Å². The van der Waals surface area contributed by atoms with Gasteiger partial charge < -0.3 is 15.0 Å². The summed E-state index contributed by atoms with van der Waals surface area (Å²) >= 11 is 6.23. The first-order chi connectivity index (χ1) is 17.4. The van der Waals surface area contributed by atoms with Gasteiger partial charge in [0.2, 0.25) is 5.91 Å². The summed E-state index contributed by atoms with van der Waals surface area (Å²) < 4.78 is 5.95. The standard InChI is InChI=1S/C30H35ClN2O3/c1-4-5-16-32-30(35)27(19-24-10-7-6-8-11-24)33(20-25-12-9-13-26(31)18-25)29(34)21-36-28-17-22(2)14-15-23(28)3/h6-15,17-18,27H,4-5,16,19-21H2,1-3H3,(H,32,35). The fraction of sp³-hybridized carbons (Fsp3) is 0.333. The van der Waals surface area contributed by atoms with E-state index in [1.165, 1.54) is 0 Å². The van der Waals surface area contributed by atoms with Crippen LogP contribution in [-0.2, 0) is 22.6 Å². The van der Waals surface area contributed by atoms with Crippen LogP contribution in [0, 0.1) is 13.8 Å². The van der Waals surface area contributed by atoms with Crippen molar-refractivity contribution in [3.63, 3.8) is 0 Å². The van der Waals surface area contributed by atoms with Crippen LogP contribution >= 0.6 is 11.6 Å². The minimum atomic E-state index is -0.696. The number of unbranched alkanes of at least 4 members (excludes halogenated alkanes) is 1. The minimum Gasteiger partial charge on any atom is -0.483 e. The SMILES string of the molecule is CCCCNC(=O)C(Cc1ccccc1)N(Cc1cccc(Cl)c1)C(=O)COc1cc(C)ccc1C. The van der Waals surface area contributed by atoms with Crippen molar-refractivity contribution in [2.24, 2.45) is 0 Å². The lowest BCUT2D eigenvalue weighted by Crippen LogP contribution is -2.51. The molecule has 0 bridgehead atoms. The minimum absolute atomic E-state index is 0.168. The van der Waals surface area contributed by atoms with Gasteiger partial charge in [0, 0.05) is 24.5 Å². The molecule has 3 rings (SSSR count). The van der Waals surface area contributed by atoms with Gasteiger partial charge in [-0.25, -0.2) is 0 Å². The van der Waals surface area contributed by atoms with Gasteiger partial charge in [-0.3, -0.25) is 9.59 Å². The molecule has 1 N–H and O–H groups in total. The van der Waals surface area contributed by atoms with E-state index in [9.17, 15) is 9.59 Å². The molecule has 5 nitrogen and oxygen atoms in total. The molecule has 0 radical (unpaired) electrons. The molecule has 3 aromatic carbocycles. The lowest BCUT2D eigenvalue weighted by atomic mass is 10.0. The third-order valence-electron chi connectivity index (χ3n) is 6.04. The second kappa shape index (κ2) is 13.7. The average molecular weight is 507 g/mol. The van der Waals surface area contributed by atoms with E-state index < -0.39 is 6.04 Å². The van der Waals surface area contributed by atoms with Crippen LogP contribution in [0.4, 0.5) is 0 Å². The molecule has 0 heterocycles. The maximum atomic E-state index is 13.7. The predicted octanol–water partition coefficient (Wildman–Crippen LogP) is 5.89. The Morgan fingerprint density at radius 3 is 2.44 bits per heavy atom. The Morgan fingerprint density at radius 2 is 1.72 bits per heavy atom. The fourth-order valence-corrected chi connectivity index (χ4v) is 4.19. The molecule has 0 aliphatic heterocycles. The number of halogens is 1. The molecule has 0 saturated heterocycles. The normalized spacial score (nSPS) is 11.6. The predicted molar refractivity (Wildman–Crippen MR) is 145 cm³/mol. The summed E-state index contributed by atoms with van der Waals surface area (Å²) in [5.41, 5.74) is 3.83. The highest BCUT2D eigenvalue weighted by Crippen LogP contribution is 2.21. The number of nitrogens with one attached hydrogen (secondary N) is 1. The van der Waals surface area contributed by atoms with Gasteiger partial charge in [-0.15, -0.1) is 0 Å². The summed E-state index contributed by atoms with van der Waals surface area (Å²) in [6.07, 6.45) is 2.24. The summed E-state index contributed by atoms with van der Waals surface area (Å²) in [7, 11) is 0. The van der Waals surface area contributed by atoms with Crippen molar-refractivity contribution in [3.8, 4) is 5.75 Å². The van der Waals surface area contributed by atoms with Crippen molar-refractivity contribution < 1.29 is 14.3 Å². The largest absolute Gasteiger partial charge is 0.483 e. The topological polar surface area (TPSA) is 58.6 Å². The Kier molecular flexibility index (Phi) is 10.4. The molecule has 0 aliphatic rings. The van der Waals surface area contributed by atoms with E-state index in [4.69, 9.17) is 16.3 Å².